The van der Waals surface area contributed by atoms with Crippen LogP contribution >= 0.6 is 34.2 Å². The number of pyridine rings is 1. The summed E-state index contributed by atoms with van der Waals surface area (Å²) < 4.78 is 24.9. The van der Waals surface area contributed by atoms with Gasteiger partial charge in [0.15, 0.2) is 0 Å². The summed E-state index contributed by atoms with van der Waals surface area (Å²) in [5, 5.41) is 0.144. The molecule has 0 aromatic carbocycles. The molecule has 0 saturated carbocycles. The smallest absolute Gasteiger partial charge is 0.234 e. The number of aryl methyl sites for hydroxylation is 1. The van der Waals surface area contributed by atoms with Crippen molar-refractivity contribution in [2.45, 2.75) is 13.3 Å². The number of hydrogen-bond acceptors (Lipinski definition) is 1. The zero-order valence-corrected chi connectivity index (χ0v) is 9.03. The van der Waals surface area contributed by atoms with E-state index >= 15 is 0 Å². The molecule has 0 spiro atoms. The largest absolute Gasteiger partial charge is 0.281 e. The first kappa shape index (κ1) is 10.1. The van der Waals surface area contributed by atoms with E-state index in [4.69, 9.17) is 11.6 Å². The fraction of sp³-hybridized carbons (Fsp3) is 0.286. The van der Waals surface area contributed by atoms with Crippen molar-refractivity contribution in [1.29, 1.82) is 0 Å². The van der Waals surface area contributed by atoms with Crippen LogP contribution in [0.1, 0.15) is 17.7 Å². The van der Waals surface area contributed by atoms with Crippen LogP contribution < -0.4 is 0 Å². The number of aromatic nitrogens is 1. The molecule has 1 heterocycles. The molecule has 0 unspecified atom stereocenters. The molecule has 66 valence electrons. The summed E-state index contributed by atoms with van der Waals surface area (Å²) in [6.45, 7) is 1.73. The topological polar surface area (TPSA) is 12.9 Å². The molecular weight excluding hydrogens is 298 g/mol. The van der Waals surface area contributed by atoms with Gasteiger partial charge in [0.1, 0.15) is 10.8 Å². The minimum Gasteiger partial charge on any atom is -0.234 e. The Morgan fingerprint density at radius 3 is 2.67 bits per heavy atom. The standard InChI is InChI=1S/C7H5ClF2IN/c1-3-2-4(11)5(7(9)10)12-6(3)8/h2,7H,1H3. The van der Waals surface area contributed by atoms with Gasteiger partial charge in [0.05, 0.1) is 0 Å². The third-order valence-corrected chi connectivity index (χ3v) is 2.59. The number of alkyl halides is 2. The molecule has 1 aromatic rings. The average Bonchev–Trinajstić information content (AvgIpc) is 1.96. The van der Waals surface area contributed by atoms with Crippen LogP contribution in [-0.2, 0) is 0 Å². The molecule has 0 amide bonds. The van der Waals surface area contributed by atoms with E-state index in [1.165, 1.54) is 0 Å². The molecule has 0 atom stereocenters. The van der Waals surface area contributed by atoms with Crippen LogP contribution in [0.15, 0.2) is 6.07 Å². The average molecular weight is 303 g/mol. The lowest BCUT2D eigenvalue weighted by molar-refractivity contribution is 0.145. The van der Waals surface area contributed by atoms with Gasteiger partial charge in [-0.05, 0) is 41.1 Å². The summed E-state index contributed by atoms with van der Waals surface area (Å²) >= 11 is 7.40. The van der Waals surface area contributed by atoms with Crippen LogP contribution in [-0.4, -0.2) is 4.98 Å². The first-order valence-electron chi connectivity index (χ1n) is 3.13. The molecule has 1 aromatic heterocycles. The Bertz CT molecular complexity index is 304. The highest BCUT2D eigenvalue weighted by molar-refractivity contribution is 14.1. The molecule has 0 saturated heterocycles. The number of nitrogens with zero attached hydrogens (tertiary/aromatic N) is 1. The highest BCUT2D eigenvalue weighted by atomic mass is 127. The molecule has 0 radical (unpaired) electrons. The van der Waals surface area contributed by atoms with Gasteiger partial charge in [0.2, 0.25) is 0 Å². The molecule has 0 aliphatic heterocycles. The second kappa shape index (κ2) is 3.83. The minimum atomic E-state index is -2.56. The number of hydrogen-bond donors (Lipinski definition) is 0. The Labute approximate surface area is 87.3 Å². The van der Waals surface area contributed by atoms with E-state index in [0.717, 1.165) is 0 Å². The van der Waals surface area contributed by atoms with Gasteiger partial charge < -0.3 is 0 Å². The molecule has 0 aliphatic rings. The Hall–Kier alpha value is 0.0300. The zero-order valence-electron chi connectivity index (χ0n) is 6.11. The normalized spacial score (nSPS) is 10.8. The van der Waals surface area contributed by atoms with Gasteiger partial charge >= 0.3 is 0 Å². The second-order valence-corrected chi connectivity index (χ2v) is 3.78. The summed E-state index contributed by atoms with van der Waals surface area (Å²) in [4.78, 5) is 3.58. The van der Waals surface area contributed by atoms with Crippen molar-refractivity contribution in [1.82, 2.24) is 4.98 Å². The highest BCUT2D eigenvalue weighted by Gasteiger charge is 2.14. The van der Waals surface area contributed by atoms with Gasteiger partial charge in [0, 0.05) is 3.57 Å². The summed E-state index contributed by atoms with van der Waals surface area (Å²) in [7, 11) is 0. The summed E-state index contributed by atoms with van der Waals surface area (Å²) in [6, 6.07) is 1.59. The molecular formula is C7H5ClF2IN. The van der Waals surface area contributed by atoms with Crippen LogP contribution in [0.5, 0.6) is 0 Å². The molecule has 0 bridgehead atoms. The Kier molecular flexibility index (Phi) is 3.22. The number of rotatable bonds is 1. The van der Waals surface area contributed by atoms with Gasteiger partial charge in [-0.2, -0.15) is 0 Å². The van der Waals surface area contributed by atoms with Crippen molar-refractivity contribution < 1.29 is 8.78 Å². The van der Waals surface area contributed by atoms with Crippen molar-refractivity contribution in [3.05, 3.63) is 26.0 Å². The van der Waals surface area contributed by atoms with Gasteiger partial charge in [-0.15, -0.1) is 0 Å². The minimum absolute atomic E-state index is 0.144. The molecule has 12 heavy (non-hydrogen) atoms. The molecule has 0 aliphatic carbocycles. The van der Waals surface area contributed by atoms with E-state index < -0.39 is 6.43 Å². The molecule has 0 N–H and O–H groups in total. The third-order valence-electron chi connectivity index (χ3n) is 1.34. The van der Waals surface area contributed by atoms with E-state index in [1.54, 1.807) is 13.0 Å². The van der Waals surface area contributed by atoms with Crippen molar-refractivity contribution in [2.75, 3.05) is 0 Å². The van der Waals surface area contributed by atoms with Crippen LogP contribution in [0, 0.1) is 10.5 Å². The maximum atomic E-state index is 12.2. The van der Waals surface area contributed by atoms with Crippen LogP contribution in [0.3, 0.4) is 0 Å². The Balaban J connectivity index is 3.23. The monoisotopic (exact) mass is 303 g/mol. The van der Waals surface area contributed by atoms with Gasteiger partial charge in [0.25, 0.3) is 6.43 Å². The Morgan fingerprint density at radius 1 is 1.58 bits per heavy atom. The van der Waals surface area contributed by atoms with Crippen LogP contribution in [0.4, 0.5) is 8.78 Å². The summed E-state index contributed by atoms with van der Waals surface area (Å²) in [6.07, 6.45) is -2.56. The third kappa shape index (κ3) is 2.04. The lowest BCUT2D eigenvalue weighted by atomic mass is 10.3. The van der Waals surface area contributed by atoms with Crippen molar-refractivity contribution in [2.24, 2.45) is 0 Å². The van der Waals surface area contributed by atoms with E-state index in [-0.39, 0.29) is 10.8 Å². The van der Waals surface area contributed by atoms with E-state index in [0.29, 0.717) is 9.13 Å². The molecule has 1 rings (SSSR count). The first-order chi connectivity index (χ1) is 5.52. The fourth-order valence-electron chi connectivity index (χ4n) is 0.724. The van der Waals surface area contributed by atoms with Gasteiger partial charge in [-0.3, -0.25) is 0 Å². The highest BCUT2D eigenvalue weighted by Crippen LogP contribution is 2.25. The second-order valence-electron chi connectivity index (χ2n) is 2.26. The summed E-state index contributed by atoms with van der Waals surface area (Å²) in [5.74, 6) is 0. The van der Waals surface area contributed by atoms with Crippen LogP contribution in [0.25, 0.3) is 0 Å². The van der Waals surface area contributed by atoms with E-state index in [1.807, 2.05) is 22.6 Å². The Morgan fingerprint density at radius 2 is 2.17 bits per heavy atom. The predicted molar refractivity (Wildman–Crippen MR) is 51.7 cm³/mol. The maximum absolute atomic E-state index is 12.2. The van der Waals surface area contributed by atoms with Crippen molar-refractivity contribution in [3.8, 4) is 0 Å². The van der Waals surface area contributed by atoms with Gasteiger partial charge in [-0.25, -0.2) is 13.8 Å². The molecule has 5 heteroatoms. The molecule has 1 nitrogen and oxygen atoms in total. The van der Waals surface area contributed by atoms with Crippen molar-refractivity contribution in [3.63, 3.8) is 0 Å². The maximum Gasteiger partial charge on any atom is 0.281 e. The fourth-order valence-corrected chi connectivity index (χ4v) is 1.69. The van der Waals surface area contributed by atoms with Crippen molar-refractivity contribution >= 4 is 34.2 Å². The number of halogens is 4. The first-order valence-corrected chi connectivity index (χ1v) is 4.58. The SMILES string of the molecule is Cc1cc(I)c(C(F)F)nc1Cl. The molecule has 0 fully saturated rings. The lowest BCUT2D eigenvalue weighted by Gasteiger charge is -2.04. The lowest BCUT2D eigenvalue weighted by Crippen LogP contribution is -1.96. The van der Waals surface area contributed by atoms with E-state index in [2.05, 4.69) is 4.98 Å². The van der Waals surface area contributed by atoms with Crippen LogP contribution in [0.2, 0.25) is 5.15 Å². The predicted octanol–water partition coefficient (Wildman–Crippen LogP) is 3.59. The van der Waals surface area contributed by atoms with Gasteiger partial charge in [-0.1, -0.05) is 11.6 Å². The summed E-state index contributed by atoms with van der Waals surface area (Å²) in [5.41, 5.74) is 0.469. The quantitative estimate of drug-likeness (QED) is 0.571. The van der Waals surface area contributed by atoms with E-state index in [9.17, 15) is 8.78 Å². The zero-order chi connectivity index (χ0) is 9.30.